The fourth-order valence-corrected chi connectivity index (χ4v) is 3.38. The summed E-state index contributed by atoms with van der Waals surface area (Å²) >= 11 is 0. The number of amides is 1. The van der Waals surface area contributed by atoms with Gasteiger partial charge in [-0.25, -0.2) is 14.6 Å². The lowest BCUT2D eigenvalue weighted by Gasteiger charge is -2.35. The van der Waals surface area contributed by atoms with Crippen molar-refractivity contribution in [2.24, 2.45) is 0 Å². The first kappa shape index (κ1) is 21.6. The highest BCUT2D eigenvalue weighted by Crippen LogP contribution is 2.11. The minimum absolute atomic E-state index is 0.0800. The van der Waals surface area contributed by atoms with Crippen molar-refractivity contribution in [3.05, 3.63) is 24.4 Å². The molecule has 1 aliphatic rings. The van der Waals surface area contributed by atoms with Crippen LogP contribution in [0.2, 0.25) is 0 Å². The standard InChI is InChI=1S/C19H28N4O5/c1-4-27-17(25)19(21-15(3)24,18(26)28-5-2)14-22-10-12-23(13-11-22)16-8-6-7-9-20-16/h6-9H,4-5,10-14H2,1-3H3,(H,21,24)/p+2. The average molecular weight is 394 g/mol. The molecular weight excluding hydrogens is 364 g/mol. The SMILES string of the molecule is CCOC(=O)C(C[NH+]1CCN(c2cccc[nH+]2)CC1)(NC(C)=O)C(=O)OCC. The molecule has 0 radical (unpaired) electrons. The number of carbonyl (C=O) groups excluding carboxylic acids is 3. The van der Waals surface area contributed by atoms with Gasteiger partial charge in [0.25, 0.3) is 11.4 Å². The number of nitrogens with one attached hydrogen (secondary N) is 3. The number of nitrogens with zero attached hydrogens (tertiary/aromatic N) is 1. The molecule has 154 valence electrons. The van der Waals surface area contributed by atoms with Gasteiger partial charge in [-0.15, -0.1) is 0 Å². The number of aromatic nitrogens is 1. The molecule has 2 rings (SSSR count). The molecule has 28 heavy (non-hydrogen) atoms. The molecule has 0 aliphatic carbocycles. The van der Waals surface area contributed by atoms with Crippen LogP contribution in [0.3, 0.4) is 0 Å². The summed E-state index contributed by atoms with van der Waals surface area (Å²) in [6.45, 7) is 7.76. The normalized spacial score (nSPS) is 15.0. The lowest BCUT2D eigenvalue weighted by molar-refractivity contribution is -0.902. The lowest BCUT2D eigenvalue weighted by atomic mass is 9.97. The van der Waals surface area contributed by atoms with Gasteiger partial charge < -0.3 is 19.7 Å². The molecule has 2 heterocycles. The molecule has 9 nitrogen and oxygen atoms in total. The predicted molar refractivity (Wildman–Crippen MR) is 101 cm³/mol. The number of hydrogen-bond acceptors (Lipinski definition) is 6. The van der Waals surface area contributed by atoms with E-state index in [1.807, 2.05) is 24.4 Å². The first-order valence-corrected chi connectivity index (χ1v) is 9.61. The summed E-state index contributed by atoms with van der Waals surface area (Å²) in [5, 5.41) is 2.52. The van der Waals surface area contributed by atoms with Crippen LogP contribution in [0.5, 0.6) is 0 Å². The van der Waals surface area contributed by atoms with E-state index in [2.05, 4.69) is 15.2 Å². The Hall–Kier alpha value is -2.68. The number of carbonyl (C=O) groups is 3. The smallest absolute Gasteiger partial charge is 0.349 e. The van der Waals surface area contributed by atoms with E-state index in [4.69, 9.17) is 9.47 Å². The van der Waals surface area contributed by atoms with Crippen molar-refractivity contribution < 1.29 is 33.7 Å². The van der Waals surface area contributed by atoms with Gasteiger partial charge in [-0.3, -0.25) is 9.69 Å². The number of hydrogen-bond donors (Lipinski definition) is 2. The summed E-state index contributed by atoms with van der Waals surface area (Å²) in [4.78, 5) is 43.7. The number of pyridine rings is 1. The molecule has 0 saturated carbocycles. The molecule has 0 spiro atoms. The molecule has 0 unspecified atom stereocenters. The van der Waals surface area contributed by atoms with Crippen molar-refractivity contribution in [2.45, 2.75) is 26.3 Å². The first-order chi connectivity index (χ1) is 13.4. The molecule has 1 amide bonds. The van der Waals surface area contributed by atoms with Crippen LogP contribution in [0, 0.1) is 0 Å². The molecular formula is C19H30N4O5+2. The van der Waals surface area contributed by atoms with Crippen molar-refractivity contribution in [1.82, 2.24) is 5.32 Å². The van der Waals surface area contributed by atoms with Gasteiger partial charge in [0.2, 0.25) is 5.91 Å². The van der Waals surface area contributed by atoms with E-state index in [0.717, 1.165) is 23.8 Å². The van der Waals surface area contributed by atoms with Gasteiger partial charge in [-0.2, -0.15) is 0 Å². The Morgan fingerprint density at radius 2 is 1.75 bits per heavy atom. The molecule has 9 heteroatoms. The van der Waals surface area contributed by atoms with E-state index < -0.39 is 23.4 Å². The van der Waals surface area contributed by atoms with Crippen LogP contribution in [-0.2, 0) is 23.9 Å². The number of esters is 2. The van der Waals surface area contributed by atoms with Gasteiger partial charge in [0.05, 0.1) is 19.4 Å². The van der Waals surface area contributed by atoms with Gasteiger partial charge in [0.1, 0.15) is 32.7 Å². The number of rotatable bonds is 8. The summed E-state index contributed by atoms with van der Waals surface area (Å²) in [7, 11) is 0. The van der Waals surface area contributed by atoms with Crippen LogP contribution in [0.1, 0.15) is 20.8 Å². The van der Waals surface area contributed by atoms with E-state index in [9.17, 15) is 14.4 Å². The molecule has 1 aromatic heterocycles. The summed E-state index contributed by atoms with van der Waals surface area (Å²) in [5.41, 5.74) is -1.84. The van der Waals surface area contributed by atoms with Crippen molar-refractivity contribution in [3.8, 4) is 0 Å². The average Bonchev–Trinajstić information content (AvgIpc) is 2.68. The summed E-state index contributed by atoms with van der Waals surface area (Å²) in [6, 6.07) is 5.89. The lowest BCUT2D eigenvalue weighted by Crippen LogP contribution is -3.17. The Kier molecular flexibility index (Phi) is 7.74. The monoisotopic (exact) mass is 394 g/mol. The van der Waals surface area contributed by atoms with Crippen LogP contribution in [0.4, 0.5) is 5.82 Å². The van der Waals surface area contributed by atoms with E-state index in [-0.39, 0.29) is 19.8 Å². The van der Waals surface area contributed by atoms with Gasteiger partial charge in [0, 0.05) is 13.0 Å². The summed E-state index contributed by atoms with van der Waals surface area (Å²) in [5.74, 6) is -1.03. The van der Waals surface area contributed by atoms with E-state index in [1.165, 1.54) is 6.92 Å². The molecule has 1 aromatic rings. The second-order valence-electron chi connectivity index (χ2n) is 6.69. The highest BCUT2D eigenvalue weighted by atomic mass is 16.6. The third-order valence-corrected chi connectivity index (χ3v) is 4.66. The molecule has 0 aromatic carbocycles. The van der Waals surface area contributed by atoms with E-state index >= 15 is 0 Å². The highest BCUT2D eigenvalue weighted by Gasteiger charge is 2.54. The van der Waals surface area contributed by atoms with Crippen molar-refractivity contribution in [3.63, 3.8) is 0 Å². The fraction of sp³-hybridized carbons (Fsp3) is 0.579. The topological polar surface area (TPSA) is 104 Å². The Labute approximate surface area is 165 Å². The Balaban J connectivity index is 2.16. The molecule has 1 saturated heterocycles. The largest absolute Gasteiger partial charge is 0.464 e. The van der Waals surface area contributed by atoms with Gasteiger partial charge in [0.15, 0.2) is 0 Å². The van der Waals surface area contributed by atoms with Crippen molar-refractivity contribution in [2.75, 3.05) is 50.8 Å². The number of piperazine rings is 1. The summed E-state index contributed by atoms with van der Waals surface area (Å²) < 4.78 is 10.2. The third kappa shape index (κ3) is 5.19. The Bertz CT molecular complexity index is 656. The van der Waals surface area contributed by atoms with Crippen LogP contribution in [-0.4, -0.2) is 69.3 Å². The minimum atomic E-state index is -1.84. The molecule has 1 fully saturated rings. The third-order valence-electron chi connectivity index (χ3n) is 4.66. The predicted octanol–water partition coefficient (Wildman–Crippen LogP) is -1.79. The van der Waals surface area contributed by atoms with Crippen LogP contribution in [0.25, 0.3) is 0 Å². The van der Waals surface area contributed by atoms with Crippen molar-refractivity contribution in [1.29, 1.82) is 0 Å². The first-order valence-electron chi connectivity index (χ1n) is 9.61. The minimum Gasteiger partial charge on any atom is -0.464 e. The second-order valence-corrected chi connectivity index (χ2v) is 6.69. The molecule has 0 atom stereocenters. The maximum absolute atomic E-state index is 12.7. The number of quaternary nitrogens is 1. The van der Waals surface area contributed by atoms with Crippen LogP contribution < -0.4 is 20.1 Å². The molecule has 3 N–H and O–H groups in total. The highest BCUT2D eigenvalue weighted by molar-refractivity contribution is 6.07. The fourth-order valence-electron chi connectivity index (χ4n) is 3.38. The van der Waals surface area contributed by atoms with Crippen LogP contribution in [0.15, 0.2) is 24.4 Å². The number of anilines is 1. The maximum atomic E-state index is 12.7. The zero-order valence-electron chi connectivity index (χ0n) is 16.7. The van der Waals surface area contributed by atoms with Crippen molar-refractivity contribution >= 4 is 23.7 Å². The van der Waals surface area contributed by atoms with Gasteiger partial charge in [-0.05, 0) is 19.9 Å². The number of ether oxygens (including phenoxy) is 2. The van der Waals surface area contributed by atoms with Gasteiger partial charge >= 0.3 is 11.9 Å². The molecule has 0 bridgehead atoms. The van der Waals surface area contributed by atoms with Crippen LogP contribution >= 0.6 is 0 Å². The Morgan fingerprint density at radius 1 is 1.14 bits per heavy atom. The maximum Gasteiger partial charge on any atom is 0.349 e. The summed E-state index contributed by atoms with van der Waals surface area (Å²) in [6.07, 6.45) is 1.87. The Morgan fingerprint density at radius 3 is 2.21 bits per heavy atom. The quantitative estimate of drug-likeness (QED) is 0.399. The second kappa shape index (κ2) is 10.0. The molecule has 1 aliphatic heterocycles. The zero-order valence-corrected chi connectivity index (χ0v) is 16.7. The zero-order chi connectivity index (χ0) is 20.6. The van der Waals surface area contributed by atoms with E-state index in [0.29, 0.717) is 13.1 Å². The van der Waals surface area contributed by atoms with Gasteiger partial charge in [-0.1, -0.05) is 6.07 Å². The van der Waals surface area contributed by atoms with E-state index in [1.54, 1.807) is 13.8 Å². The number of H-pyrrole nitrogens is 1. The number of aromatic amines is 1.